The molecule has 0 aliphatic carbocycles. The molecular weight excluding hydrogens is 232 g/mol. The molecule has 0 spiro atoms. The van der Waals surface area contributed by atoms with Crippen LogP contribution in [0.3, 0.4) is 0 Å². The van der Waals surface area contributed by atoms with E-state index in [4.69, 9.17) is 5.11 Å². The summed E-state index contributed by atoms with van der Waals surface area (Å²) < 4.78 is 1.73. The van der Waals surface area contributed by atoms with Gasteiger partial charge in [0.1, 0.15) is 0 Å². The van der Waals surface area contributed by atoms with Crippen molar-refractivity contribution >= 4 is 5.65 Å². The molecule has 0 saturated heterocycles. The van der Waals surface area contributed by atoms with Crippen molar-refractivity contribution < 1.29 is 10.2 Å². The molecule has 6 heteroatoms. The Morgan fingerprint density at radius 2 is 2.28 bits per heavy atom. The molecule has 2 rings (SSSR count). The van der Waals surface area contributed by atoms with Crippen LogP contribution in [0.4, 0.5) is 0 Å². The predicted molar refractivity (Wildman–Crippen MR) is 67.1 cm³/mol. The second-order valence-corrected chi connectivity index (χ2v) is 4.81. The van der Waals surface area contributed by atoms with Gasteiger partial charge in [-0.1, -0.05) is 0 Å². The van der Waals surface area contributed by atoms with Crippen molar-refractivity contribution in [2.24, 2.45) is 0 Å². The van der Waals surface area contributed by atoms with E-state index in [-0.39, 0.29) is 6.61 Å². The molecule has 0 bridgehead atoms. The molecule has 98 valence electrons. The van der Waals surface area contributed by atoms with Gasteiger partial charge in [0.2, 0.25) is 0 Å². The van der Waals surface area contributed by atoms with E-state index in [2.05, 4.69) is 15.4 Å². The number of rotatable bonds is 5. The molecule has 0 amide bonds. The van der Waals surface area contributed by atoms with Gasteiger partial charge in [0, 0.05) is 37.1 Å². The minimum atomic E-state index is -1.10. The number of hydrogen-bond acceptors (Lipinski definition) is 5. The van der Waals surface area contributed by atoms with Gasteiger partial charge < -0.3 is 15.5 Å². The lowest BCUT2D eigenvalue weighted by molar-refractivity contribution is 0.00253. The summed E-state index contributed by atoms with van der Waals surface area (Å²) in [6.07, 6.45) is 3.67. The maximum Gasteiger partial charge on any atom is 0.155 e. The molecule has 0 radical (unpaired) electrons. The number of fused-ring (bicyclic) bond motifs is 1. The topological polar surface area (TPSA) is 82.7 Å². The van der Waals surface area contributed by atoms with Crippen molar-refractivity contribution in [2.75, 3.05) is 13.2 Å². The molecule has 0 aliphatic heterocycles. The molecule has 1 unspecified atom stereocenters. The Labute approximate surface area is 105 Å². The summed E-state index contributed by atoms with van der Waals surface area (Å²) in [7, 11) is 0. The van der Waals surface area contributed by atoms with E-state index in [1.165, 1.54) is 0 Å². The minimum Gasteiger partial charge on any atom is -0.393 e. The molecule has 3 N–H and O–H groups in total. The molecule has 2 heterocycles. The number of aryl methyl sites for hydroxylation is 1. The van der Waals surface area contributed by atoms with E-state index in [9.17, 15) is 5.11 Å². The zero-order valence-electron chi connectivity index (χ0n) is 10.6. The van der Waals surface area contributed by atoms with E-state index in [0.29, 0.717) is 13.1 Å². The maximum atomic E-state index is 9.63. The quantitative estimate of drug-likeness (QED) is 0.688. The summed E-state index contributed by atoms with van der Waals surface area (Å²) >= 11 is 0. The Kier molecular flexibility index (Phi) is 3.60. The molecule has 2 aromatic heterocycles. The molecule has 0 aliphatic rings. The van der Waals surface area contributed by atoms with Crippen LogP contribution in [0.25, 0.3) is 5.65 Å². The number of nitrogens with one attached hydrogen (secondary N) is 1. The number of aromatic nitrogens is 3. The van der Waals surface area contributed by atoms with Crippen molar-refractivity contribution in [3.8, 4) is 0 Å². The van der Waals surface area contributed by atoms with Crippen LogP contribution in [0.5, 0.6) is 0 Å². The summed E-state index contributed by atoms with van der Waals surface area (Å²) in [5.41, 5.74) is 1.62. The molecule has 18 heavy (non-hydrogen) atoms. The van der Waals surface area contributed by atoms with Crippen molar-refractivity contribution in [1.82, 2.24) is 19.9 Å². The largest absolute Gasteiger partial charge is 0.393 e. The predicted octanol–water partition coefficient (Wildman–Crippen LogP) is -0.129. The van der Waals surface area contributed by atoms with Crippen molar-refractivity contribution in [3.05, 3.63) is 29.7 Å². The zero-order chi connectivity index (χ0) is 13.2. The van der Waals surface area contributed by atoms with Crippen molar-refractivity contribution in [3.63, 3.8) is 0 Å². The summed E-state index contributed by atoms with van der Waals surface area (Å²) in [5.74, 6) is 0. The van der Waals surface area contributed by atoms with Crippen LogP contribution in [0.15, 0.2) is 18.5 Å². The highest BCUT2D eigenvalue weighted by molar-refractivity contribution is 5.38. The lowest BCUT2D eigenvalue weighted by Gasteiger charge is -2.20. The third-order valence-corrected chi connectivity index (χ3v) is 2.66. The van der Waals surface area contributed by atoms with Gasteiger partial charge in [0.15, 0.2) is 5.65 Å². The maximum absolute atomic E-state index is 9.63. The van der Waals surface area contributed by atoms with Crippen LogP contribution in [0, 0.1) is 6.92 Å². The lowest BCUT2D eigenvalue weighted by atomic mass is 10.1. The highest BCUT2D eigenvalue weighted by Crippen LogP contribution is 2.05. The standard InChI is InChI=1S/C12H18N4O2/c1-9-3-11-14-5-10(6-16(11)15-9)4-13-7-12(2,18)8-17/h3,5-6,13,17-18H,4,7-8H2,1-2H3. The molecule has 6 nitrogen and oxygen atoms in total. The van der Waals surface area contributed by atoms with Crippen LogP contribution in [0.2, 0.25) is 0 Å². The van der Waals surface area contributed by atoms with E-state index < -0.39 is 5.60 Å². The first-order valence-corrected chi connectivity index (χ1v) is 5.85. The normalized spacial score (nSPS) is 14.9. The third-order valence-electron chi connectivity index (χ3n) is 2.66. The van der Waals surface area contributed by atoms with Gasteiger partial charge in [-0.05, 0) is 13.8 Å². The summed E-state index contributed by atoms with van der Waals surface area (Å²) in [5, 5.41) is 25.9. The Balaban J connectivity index is 1.99. The molecule has 0 aromatic carbocycles. The van der Waals surface area contributed by atoms with Crippen LogP contribution < -0.4 is 5.32 Å². The fraction of sp³-hybridized carbons (Fsp3) is 0.500. The molecule has 1 atom stereocenters. The van der Waals surface area contributed by atoms with Crippen molar-refractivity contribution in [1.29, 1.82) is 0 Å². The van der Waals surface area contributed by atoms with Gasteiger partial charge in [-0.25, -0.2) is 9.50 Å². The smallest absolute Gasteiger partial charge is 0.155 e. The molecule has 0 fully saturated rings. The monoisotopic (exact) mass is 250 g/mol. The first-order chi connectivity index (χ1) is 8.50. The molecule has 0 saturated carbocycles. The van der Waals surface area contributed by atoms with Gasteiger partial charge in [-0.2, -0.15) is 5.10 Å². The molecule has 2 aromatic rings. The summed E-state index contributed by atoms with van der Waals surface area (Å²) in [6, 6.07) is 1.91. The molecular formula is C12H18N4O2. The summed E-state index contributed by atoms with van der Waals surface area (Å²) in [6.45, 7) is 4.12. The lowest BCUT2D eigenvalue weighted by Crippen LogP contribution is -2.40. The van der Waals surface area contributed by atoms with E-state index in [0.717, 1.165) is 16.9 Å². The van der Waals surface area contributed by atoms with Gasteiger partial charge in [-0.3, -0.25) is 0 Å². The van der Waals surface area contributed by atoms with Gasteiger partial charge in [-0.15, -0.1) is 0 Å². The van der Waals surface area contributed by atoms with Crippen LogP contribution in [-0.4, -0.2) is 43.6 Å². The number of aliphatic hydroxyl groups excluding tert-OH is 1. The van der Waals surface area contributed by atoms with E-state index in [1.807, 2.05) is 19.2 Å². The highest BCUT2D eigenvalue weighted by Gasteiger charge is 2.17. The second kappa shape index (κ2) is 5.01. The van der Waals surface area contributed by atoms with E-state index in [1.54, 1.807) is 17.6 Å². The van der Waals surface area contributed by atoms with Gasteiger partial charge in [0.25, 0.3) is 0 Å². The van der Waals surface area contributed by atoms with Crippen molar-refractivity contribution in [2.45, 2.75) is 26.0 Å². The first kappa shape index (κ1) is 12.9. The fourth-order valence-corrected chi connectivity index (χ4v) is 1.66. The number of nitrogens with zero attached hydrogens (tertiary/aromatic N) is 3. The second-order valence-electron chi connectivity index (χ2n) is 4.81. The Bertz CT molecular complexity index is 536. The van der Waals surface area contributed by atoms with Crippen LogP contribution >= 0.6 is 0 Å². The first-order valence-electron chi connectivity index (χ1n) is 5.85. The fourth-order valence-electron chi connectivity index (χ4n) is 1.66. The third kappa shape index (κ3) is 3.04. The highest BCUT2D eigenvalue weighted by atomic mass is 16.3. The Morgan fingerprint density at radius 3 is 3.00 bits per heavy atom. The van der Waals surface area contributed by atoms with Crippen LogP contribution in [0.1, 0.15) is 18.2 Å². The Morgan fingerprint density at radius 1 is 1.50 bits per heavy atom. The van der Waals surface area contributed by atoms with Crippen LogP contribution in [-0.2, 0) is 6.54 Å². The van der Waals surface area contributed by atoms with Gasteiger partial charge in [0.05, 0.1) is 17.9 Å². The average molecular weight is 250 g/mol. The minimum absolute atomic E-state index is 0.268. The summed E-state index contributed by atoms with van der Waals surface area (Å²) in [4.78, 5) is 4.29. The van der Waals surface area contributed by atoms with Gasteiger partial charge >= 0.3 is 0 Å². The number of aliphatic hydroxyl groups is 2. The Hall–Kier alpha value is -1.50. The van der Waals surface area contributed by atoms with E-state index >= 15 is 0 Å². The average Bonchev–Trinajstić information content (AvgIpc) is 2.68. The SMILES string of the molecule is Cc1cc2ncc(CNCC(C)(O)CO)cn2n1. The number of hydrogen-bond donors (Lipinski definition) is 3. The zero-order valence-corrected chi connectivity index (χ0v) is 10.6.